The molecule has 0 aliphatic heterocycles. The third-order valence-corrected chi connectivity index (χ3v) is 4.03. The van der Waals surface area contributed by atoms with Crippen molar-refractivity contribution in [2.45, 2.75) is 39.7 Å². The molecular formula is C16H19NO3. The van der Waals surface area contributed by atoms with Gasteiger partial charge in [-0.25, -0.2) is 4.79 Å². The highest BCUT2D eigenvalue weighted by Gasteiger charge is 2.32. The summed E-state index contributed by atoms with van der Waals surface area (Å²) in [5.74, 6) is -0.00375. The molecule has 1 aliphatic carbocycles. The molecule has 3 rings (SSSR count). The number of aryl methyl sites for hydroxylation is 2. The largest absolute Gasteiger partial charge is 0.508 e. The van der Waals surface area contributed by atoms with Crippen molar-refractivity contribution >= 4 is 16.9 Å². The van der Waals surface area contributed by atoms with Gasteiger partial charge in [0, 0.05) is 22.5 Å². The zero-order valence-electron chi connectivity index (χ0n) is 12.1. The summed E-state index contributed by atoms with van der Waals surface area (Å²) < 4.78 is 7.30. The predicted octanol–water partition coefficient (Wildman–Crippen LogP) is 3.48. The summed E-state index contributed by atoms with van der Waals surface area (Å²) >= 11 is 0. The van der Waals surface area contributed by atoms with E-state index in [9.17, 15) is 9.90 Å². The fraction of sp³-hybridized carbons (Fsp3) is 0.438. The van der Waals surface area contributed by atoms with E-state index in [4.69, 9.17) is 4.74 Å². The van der Waals surface area contributed by atoms with Crippen LogP contribution in [-0.4, -0.2) is 22.2 Å². The first-order chi connectivity index (χ1) is 9.56. The molecule has 4 heteroatoms. The van der Waals surface area contributed by atoms with Crippen molar-refractivity contribution in [3.63, 3.8) is 0 Å². The summed E-state index contributed by atoms with van der Waals surface area (Å²) in [6.07, 6.45) is 2.19. The molecule has 1 heterocycles. The van der Waals surface area contributed by atoms with E-state index in [-0.39, 0.29) is 11.7 Å². The zero-order chi connectivity index (χ0) is 14.4. The van der Waals surface area contributed by atoms with Crippen LogP contribution in [0.3, 0.4) is 0 Å². The minimum Gasteiger partial charge on any atom is -0.508 e. The van der Waals surface area contributed by atoms with E-state index in [1.54, 1.807) is 6.07 Å². The number of phenols is 1. The second kappa shape index (κ2) is 4.54. The number of ether oxygens (including phenoxy) is 1. The average Bonchev–Trinajstić information content (AvgIpc) is 3.19. The lowest BCUT2D eigenvalue weighted by molar-refractivity contribution is 0.0513. The van der Waals surface area contributed by atoms with Crippen LogP contribution in [0.5, 0.6) is 5.75 Å². The van der Waals surface area contributed by atoms with Crippen LogP contribution in [0.1, 0.15) is 47.4 Å². The minimum atomic E-state index is -0.271. The van der Waals surface area contributed by atoms with E-state index in [1.165, 1.54) is 0 Å². The van der Waals surface area contributed by atoms with Gasteiger partial charge in [0.15, 0.2) is 0 Å². The van der Waals surface area contributed by atoms with Crippen molar-refractivity contribution in [2.75, 3.05) is 6.61 Å². The Kier molecular flexibility index (Phi) is 2.96. The van der Waals surface area contributed by atoms with Crippen LogP contribution in [0.2, 0.25) is 0 Å². The van der Waals surface area contributed by atoms with Crippen LogP contribution in [0.25, 0.3) is 10.9 Å². The Morgan fingerprint density at radius 3 is 2.65 bits per heavy atom. The quantitative estimate of drug-likeness (QED) is 0.871. The number of hydrogen-bond donors (Lipinski definition) is 1. The van der Waals surface area contributed by atoms with E-state index in [0.717, 1.165) is 34.9 Å². The number of carbonyl (C=O) groups is 1. The molecule has 0 radical (unpaired) electrons. The van der Waals surface area contributed by atoms with Gasteiger partial charge < -0.3 is 14.4 Å². The molecule has 20 heavy (non-hydrogen) atoms. The number of nitrogens with zero attached hydrogens (tertiary/aromatic N) is 1. The number of phenolic OH excluding ortho intramolecular Hbond substituents is 1. The molecule has 106 valence electrons. The Bertz CT molecular complexity index is 696. The van der Waals surface area contributed by atoms with Gasteiger partial charge in [0.1, 0.15) is 11.4 Å². The van der Waals surface area contributed by atoms with Crippen molar-refractivity contribution in [1.29, 1.82) is 0 Å². The van der Waals surface area contributed by atoms with Crippen molar-refractivity contribution in [2.24, 2.45) is 0 Å². The van der Waals surface area contributed by atoms with Crippen LogP contribution in [-0.2, 0) is 4.74 Å². The van der Waals surface area contributed by atoms with Gasteiger partial charge in [0.05, 0.1) is 6.61 Å². The zero-order valence-corrected chi connectivity index (χ0v) is 12.1. The standard InChI is InChI=1S/C16H19NO3/c1-4-20-16(19)15-10(3)14-9(2)13(18)8-7-12(14)17(15)11-5-6-11/h7-8,11,18H,4-6H2,1-3H3. The molecule has 4 nitrogen and oxygen atoms in total. The van der Waals surface area contributed by atoms with Crippen LogP contribution in [0.4, 0.5) is 0 Å². The molecule has 0 spiro atoms. The molecule has 1 saturated carbocycles. The molecule has 1 N–H and O–H groups in total. The number of aromatic hydroxyl groups is 1. The lowest BCUT2D eigenvalue weighted by atomic mass is 10.1. The van der Waals surface area contributed by atoms with Crippen molar-refractivity contribution in [3.8, 4) is 5.75 Å². The molecular weight excluding hydrogens is 254 g/mol. The van der Waals surface area contributed by atoms with Crippen LogP contribution < -0.4 is 0 Å². The molecule has 1 fully saturated rings. The Balaban J connectivity index is 2.32. The van der Waals surface area contributed by atoms with Gasteiger partial charge in [0.2, 0.25) is 0 Å². The van der Waals surface area contributed by atoms with Gasteiger partial charge in [-0.1, -0.05) is 0 Å². The van der Waals surface area contributed by atoms with E-state index in [2.05, 4.69) is 4.57 Å². The topological polar surface area (TPSA) is 51.5 Å². The number of carbonyl (C=O) groups excluding carboxylic acids is 1. The number of hydrogen-bond acceptors (Lipinski definition) is 3. The van der Waals surface area contributed by atoms with Gasteiger partial charge in [-0.05, 0) is 51.3 Å². The number of benzene rings is 1. The normalized spacial score (nSPS) is 14.8. The third-order valence-electron chi connectivity index (χ3n) is 4.03. The highest BCUT2D eigenvalue weighted by atomic mass is 16.5. The summed E-state index contributed by atoms with van der Waals surface area (Å²) in [5, 5.41) is 10.9. The first kappa shape index (κ1) is 13.0. The van der Waals surface area contributed by atoms with Gasteiger partial charge in [-0.15, -0.1) is 0 Å². The molecule has 0 bridgehead atoms. The number of rotatable bonds is 3. The Labute approximate surface area is 118 Å². The smallest absolute Gasteiger partial charge is 0.355 e. The fourth-order valence-electron chi connectivity index (χ4n) is 2.94. The highest BCUT2D eigenvalue weighted by molar-refractivity contribution is 6.01. The number of esters is 1. The summed E-state index contributed by atoms with van der Waals surface area (Å²) in [6.45, 7) is 6.00. The van der Waals surface area contributed by atoms with Crippen LogP contribution >= 0.6 is 0 Å². The summed E-state index contributed by atoms with van der Waals surface area (Å²) in [6, 6.07) is 3.98. The van der Waals surface area contributed by atoms with Crippen LogP contribution in [0, 0.1) is 13.8 Å². The van der Waals surface area contributed by atoms with Gasteiger partial charge in [-0.2, -0.15) is 0 Å². The maximum absolute atomic E-state index is 12.3. The lowest BCUT2D eigenvalue weighted by Crippen LogP contribution is -2.12. The van der Waals surface area contributed by atoms with E-state index in [1.807, 2.05) is 26.8 Å². The van der Waals surface area contributed by atoms with Crippen molar-refractivity contribution < 1.29 is 14.6 Å². The predicted molar refractivity (Wildman–Crippen MR) is 77.3 cm³/mol. The maximum Gasteiger partial charge on any atom is 0.355 e. The SMILES string of the molecule is CCOC(=O)c1c(C)c2c(C)c(O)ccc2n1C1CC1. The van der Waals surface area contributed by atoms with E-state index >= 15 is 0 Å². The molecule has 0 saturated heterocycles. The molecule has 0 unspecified atom stereocenters. The van der Waals surface area contributed by atoms with Crippen LogP contribution in [0.15, 0.2) is 12.1 Å². The first-order valence-electron chi connectivity index (χ1n) is 7.06. The fourth-order valence-corrected chi connectivity index (χ4v) is 2.94. The van der Waals surface area contributed by atoms with Crippen molar-refractivity contribution in [3.05, 3.63) is 29.0 Å². The monoisotopic (exact) mass is 273 g/mol. The lowest BCUT2D eigenvalue weighted by Gasteiger charge is -2.09. The summed E-state index contributed by atoms with van der Waals surface area (Å²) in [7, 11) is 0. The summed E-state index contributed by atoms with van der Waals surface area (Å²) in [4.78, 5) is 12.3. The van der Waals surface area contributed by atoms with Gasteiger partial charge in [0.25, 0.3) is 0 Å². The number of aromatic nitrogens is 1. The molecule has 1 aromatic carbocycles. The molecule has 0 atom stereocenters. The minimum absolute atomic E-state index is 0.268. The summed E-state index contributed by atoms with van der Waals surface area (Å²) in [5.41, 5.74) is 3.38. The highest BCUT2D eigenvalue weighted by Crippen LogP contribution is 2.43. The van der Waals surface area contributed by atoms with Crippen molar-refractivity contribution in [1.82, 2.24) is 4.57 Å². The van der Waals surface area contributed by atoms with E-state index in [0.29, 0.717) is 18.3 Å². The Morgan fingerprint density at radius 1 is 1.35 bits per heavy atom. The van der Waals surface area contributed by atoms with E-state index < -0.39 is 0 Å². The third kappa shape index (κ3) is 1.79. The van der Waals surface area contributed by atoms with Gasteiger partial charge >= 0.3 is 5.97 Å². The van der Waals surface area contributed by atoms with Gasteiger partial charge in [-0.3, -0.25) is 0 Å². The number of fused-ring (bicyclic) bond motifs is 1. The second-order valence-electron chi connectivity index (χ2n) is 5.40. The second-order valence-corrected chi connectivity index (χ2v) is 5.40. The maximum atomic E-state index is 12.3. The Morgan fingerprint density at radius 2 is 2.05 bits per heavy atom. The molecule has 1 aliphatic rings. The average molecular weight is 273 g/mol. The molecule has 0 amide bonds. The molecule has 1 aromatic heterocycles. The molecule has 2 aromatic rings. The first-order valence-corrected chi connectivity index (χ1v) is 7.06. The Hall–Kier alpha value is -1.97.